The van der Waals surface area contributed by atoms with E-state index in [4.69, 9.17) is 19.8 Å². The normalized spacial score (nSPS) is 24.6. The highest BCUT2D eigenvalue weighted by Gasteiger charge is 2.53. The van der Waals surface area contributed by atoms with Crippen LogP contribution in [0.1, 0.15) is 72.4 Å². The number of carbonyl (C=O) groups excluding carboxylic acids is 2. The van der Waals surface area contributed by atoms with Gasteiger partial charge in [0.05, 0.1) is 11.2 Å². The molecule has 1 aromatic rings. The summed E-state index contributed by atoms with van der Waals surface area (Å²) in [5.41, 5.74) is 5.13. The Labute approximate surface area is 238 Å². The molecule has 0 bridgehead atoms. The predicted molar refractivity (Wildman–Crippen MR) is 153 cm³/mol. The van der Waals surface area contributed by atoms with Crippen molar-refractivity contribution in [2.24, 2.45) is 11.7 Å². The molecule has 3 atom stereocenters. The van der Waals surface area contributed by atoms with Crippen molar-refractivity contribution in [3.05, 3.63) is 35.4 Å². The van der Waals surface area contributed by atoms with Crippen molar-refractivity contribution in [3.63, 3.8) is 0 Å². The van der Waals surface area contributed by atoms with E-state index in [-0.39, 0.29) is 19.5 Å². The van der Waals surface area contributed by atoms with Gasteiger partial charge in [-0.25, -0.2) is 4.79 Å². The van der Waals surface area contributed by atoms with Crippen LogP contribution in [0.4, 0.5) is 4.79 Å². The van der Waals surface area contributed by atoms with Crippen molar-refractivity contribution >= 4 is 25.1 Å². The summed E-state index contributed by atoms with van der Waals surface area (Å²) in [6, 6.07) is 6.73. The SMILES string of the molecule is Cc1ccc(CC(NC(=O)OC(C)(C)C)C(=O)N2C[C@H](CCCB3OC(C)(C)C(C)(C)O3)[C@](N)(C(=O)O)C2)cc1. The van der Waals surface area contributed by atoms with Crippen LogP contribution in [-0.2, 0) is 30.1 Å². The fourth-order valence-corrected chi connectivity index (χ4v) is 5.14. The quantitative estimate of drug-likeness (QED) is 0.391. The second-order valence-corrected chi connectivity index (χ2v) is 13.3. The van der Waals surface area contributed by atoms with Crippen LogP contribution in [0.3, 0.4) is 0 Å². The molecule has 2 amide bonds. The number of aliphatic carboxylic acids is 1. The Morgan fingerprint density at radius 2 is 1.73 bits per heavy atom. The maximum Gasteiger partial charge on any atom is 0.457 e. The number of hydrogen-bond donors (Lipinski definition) is 3. The monoisotopic (exact) mass is 559 g/mol. The molecule has 4 N–H and O–H groups in total. The van der Waals surface area contributed by atoms with E-state index in [1.807, 2.05) is 58.9 Å². The zero-order valence-corrected chi connectivity index (χ0v) is 25.2. The Bertz CT molecular complexity index is 1070. The van der Waals surface area contributed by atoms with Gasteiger partial charge in [-0.05, 0) is 73.7 Å². The van der Waals surface area contributed by atoms with Crippen molar-refractivity contribution in [2.45, 2.75) is 109 Å². The number of amides is 2. The number of nitrogens with two attached hydrogens (primary N) is 1. The Hall–Kier alpha value is -2.63. The molecule has 2 aliphatic rings. The number of carboxylic acid groups (broad SMARTS) is 1. The van der Waals surface area contributed by atoms with Crippen LogP contribution in [0.15, 0.2) is 24.3 Å². The highest BCUT2D eigenvalue weighted by Crippen LogP contribution is 2.39. The number of hydrogen-bond acceptors (Lipinski definition) is 7. The van der Waals surface area contributed by atoms with Crippen LogP contribution in [-0.4, -0.2) is 76.6 Å². The summed E-state index contributed by atoms with van der Waals surface area (Å²) in [6.07, 6.45) is 1.21. The molecular weight excluding hydrogens is 513 g/mol. The number of nitrogens with one attached hydrogen (secondary N) is 1. The first-order valence-corrected chi connectivity index (χ1v) is 14.0. The van der Waals surface area contributed by atoms with Gasteiger partial charge in [-0.3, -0.25) is 9.59 Å². The van der Waals surface area contributed by atoms with Crippen molar-refractivity contribution in [1.29, 1.82) is 0 Å². The summed E-state index contributed by atoms with van der Waals surface area (Å²) in [7, 11) is -0.391. The van der Waals surface area contributed by atoms with Gasteiger partial charge in [0.1, 0.15) is 17.2 Å². The van der Waals surface area contributed by atoms with E-state index >= 15 is 0 Å². The van der Waals surface area contributed by atoms with Gasteiger partial charge >= 0.3 is 19.2 Å². The standard InChI is InChI=1S/C29H46BN3O7/c1-19-11-13-20(14-12-19)16-22(32-25(37)38-26(2,3)4)23(34)33-17-21(29(31,18-33)24(35)36)10-9-15-30-39-27(5,6)28(7,8)40-30/h11-14,21-22H,9-10,15-18,31H2,1-8H3,(H,32,37)(H,35,36)/t21-,22?,29-/m0/s1. The maximum absolute atomic E-state index is 13.8. The molecule has 10 nitrogen and oxygen atoms in total. The zero-order valence-electron chi connectivity index (χ0n) is 25.2. The number of aryl methyl sites for hydroxylation is 1. The van der Waals surface area contributed by atoms with Crippen molar-refractivity contribution < 1.29 is 33.5 Å². The number of rotatable bonds is 9. The molecule has 2 fully saturated rings. The third-order valence-corrected chi connectivity index (χ3v) is 8.18. The molecule has 0 aliphatic carbocycles. The smallest absolute Gasteiger partial charge is 0.457 e. The molecule has 0 aromatic heterocycles. The lowest BCUT2D eigenvalue weighted by Crippen LogP contribution is -2.56. The minimum atomic E-state index is -1.61. The number of carbonyl (C=O) groups is 3. The van der Waals surface area contributed by atoms with Crippen LogP contribution >= 0.6 is 0 Å². The fraction of sp³-hybridized carbons (Fsp3) is 0.690. The highest BCUT2D eigenvalue weighted by molar-refractivity contribution is 6.45. The highest BCUT2D eigenvalue weighted by atomic mass is 16.7. The van der Waals surface area contributed by atoms with E-state index < -0.39 is 59.4 Å². The number of nitrogens with zero attached hydrogens (tertiary/aromatic N) is 1. The Morgan fingerprint density at radius 1 is 1.15 bits per heavy atom. The summed E-state index contributed by atoms with van der Waals surface area (Å²) in [6.45, 7) is 15.2. The molecule has 2 aliphatic heterocycles. The molecule has 1 aromatic carbocycles. The van der Waals surface area contributed by atoms with Crippen molar-refractivity contribution in [2.75, 3.05) is 13.1 Å². The topological polar surface area (TPSA) is 140 Å². The number of likely N-dealkylation sites (tertiary alicyclic amines) is 1. The summed E-state index contributed by atoms with van der Waals surface area (Å²) in [4.78, 5) is 40.2. The van der Waals surface area contributed by atoms with Gasteiger partial charge in [-0.15, -0.1) is 0 Å². The van der Waals surface area contributed by atoms with Gasteiger partial charge in [-0.2, -0.15) is 0 Å². The maximum atomic E-state index is 13.8. The molecule has 11 heteroatoms. The van der Waals surface area contributed by atoms with E-state index in [0.29, 0.717) is 19.2 Å². The number of ether oxygens (including phenoxy) is 1. The second-order valence-electron chi connectivity index (χ2n) is 13.3. The van der Waals surface area contributed by atoms with Gasteiger partial charge in [-0.1, -0.05) is 36.2 Å². The summed E-state index contributed by atoms with van der Waals surface area (Å²) in [5, 5.41) is 12.8. The number of alkyl carbamates (subject to hydrolysis) is 1. The minimum absolute atomic E-state index is 0.150. The van der Waals surface area contributed by atoms with Crippen LogP contribution in [0.5, 0.6) is 0 Å². The lowest BCUT2D eigenvalue weighted by Gasteiger charge is -2.32. The second kappa shape index (κ2) is 11.7. The lowest BCUT2D eigenvalue weighted by molar-refractivity contribution is -0.144. The van der Waals surface area contributed by atoms with E-state index in [0.717, 1.165) is 11.1 Å². The Balaban J connectivity index is 1.72. The first-order chi connectivity index (χ1) is 18.3. The fourth-order valence-electron chi connectivity index (χ4n) is 5.14. The van der Waals surface area contributed by atoms with Crippen LogP contribution in [0.25, 0.3) is 0 Å². The Morgan fingerprint density at radius 3 is 2.25 bits per heavy atom. The van der Waals surface area contributed by atoms with Crippen LogP contribution < -0.4 is 11.1 Å². The molecule has 2 saturated heterocycles. The van der Waals surface area contributed by atoms with E-state index in [9.17, 15) is 19.5 Å². The predicted octanol–water partition coefficient (Wildman–Crippen LogP) is 3.54. The van der Waals surface area contributed by atoms with Gasteiger partial charge in [0.15, 0.2) is 0 Å². The summed E-state index contributed by atoms with van der Waals surface area (Å²) < 4.78 is 17.5. The molecular formula is C29H46BN3O7. The molecule has 222 valence electrons. The zero-order chi connectivity index (χ0) is 30.1. The molecule has 2 heterocycles. The molecule has 0 saturated carbocycles. The molecule has 0 radical (unpaired) electrons. The van der Waals surface area contributed by atoms with Gasteiger partial charge in [0, 0.05) is 25.4 Å². The number of benzene rings is 1. The molecule has 3 rings (SSSR count). The Kier molecular flexibility index (Phi) is 9.33. The largest absolute Gasteiger partial charge is 0.480 e. The van der Waals surface area contributed by atoms with Crippen LogP contribution in [0.2, 0.25) is 6.32 Å². The van der Waals surface area contributed by atoms with E-state index in [1.165, 1.54) is 4.90 Å². The van der Waals surface area contributed by atoms with E-state index in [1.54, 1.807) is 20.8 Å². The van der Waals surface area contributed by atoms with Crippen molar-refractivity contribution in [3.8, 4) is 0 Å². The first-order valence-electron chi connectivity index (χ1n) is 14.0. The summed E-state index contributed by atoms with van der Waals surface area (Å²) in [5.74, 6) is -2.02. The first kappa shape index (κ1) is 31.9. The lowest BCUT2D eigenvalue weighted by atomic mass is 9.78. The third kappa shape index (κ3) is 7.56. The van der Waals surface area contributed by atoms with Gasteiger partial charge in [0.2, 0.25) is 5.91 Å². The van der Waals surface area contributed by atoms with Crippen LogP contribution in [0, 0.1) is 12.8 Å². The summed E-state index contributed by atoms with van der Waals surface area (Å²) >= 11 is 0. The van der Waals surface area contributed by atoms with Crippen molar-refractivity contribution in [1.82, 2.24) is 10.2 Å². The van der Waals surface area contributed by atoms with Gasteiger partial charge < -0.3 is 35.1 Å². The average Bonchev–Trinajstić information content (AvgIpc) is 3.25. The molecule has 1 unspecified atom stereocenters. The number of carboxylic acids is 1. The van der Waals surface area contributed by atoms with Gasteiger partial charge in [0.25, 0.3) is 0 Å². The average molecular weight is 560 g/mol. The van der Waals surface area contributed by atoms with E-state index in [2.05, 4.69) is 5.32 Å². The minimum Gasteiger partial charge on any atom is -0.480 e. The third-order valence-electron chi connectivity index (χ3n) is 8.18. The molecule has 40 heavy (non-hydrogen) atoms. The molecule has 0 spiro atoms.